The molecule has 1 N–H and O–H groups in total. The Morgan fingerprint density at radius 3 is 2.03 bits per heavy atom. The van der Waals surface area contributed by atoms with Crippen molar-refractivity contribution in [3.63, 3.8) is 0 Å². The van der Waals surface area contributed by atoms with Crippen LogP contribution < -0.4 is 5.32 Å². The topological polar surface area (TPSA) is 113 Å². The Morgan fingerprint density at radius 2 is 1.58 bits per heavy atom. The minimum atomic E-state index is -3.30. The zero-order valence-electron chi connectivity index (χ0n) is 20.3. The number of nitrogens with one attached hydrogen (secondary N) is 1. The second kappa shape index (κ2) is 10.6. The number of ether oxygens (including phenoxy) is 1. The molecule has 2 rings (SSSR count). The van der Waals surface area contributed by atoms with E-state index in [1.165, 1.54) is 9.21 Å². The summed E-state index contributed by atoms with van der Waals surface area (Å²) in [6.07, 6.45) is 1.13. The molecule has 1 atom stereocenters. The average Bonchev–Trinajstić information content (AvgIpc) is 2.74. The van der Waals surface area contributed by atoms with Crippen LogP contribution in [0, 0.1) is 5.92 Å². The van der Waals surface area contributed by atoms with Crippen molar-refractivity contribution in [2.24, 2.45) is 5.92 Å². The van der Waals surface area contributed by atoms with Gasteiger partial charge in [-0.3, -0.25) is 9.59 Å². The lowest BCUT2D eigenvalue weighted by atomic mass is 9.86. The molecule has 0 unspecified atom stereocenters. The number of carbonyl (C=O) groups is 3. The van der Waals surface area contributed by atoms with Gasteiger partial charge in [-0.25, -0.2) is 13.2 Å². The van der Waals surface area contributed by atoms with Gasteiger partial charge in [0.15, 0.2) is 6.61 Å². The van der Waals surface area contributed by atoms with Crippen molar-refractivity contribution < 1.29 is 27.5 Å². The van der Waals surface area contributed by atoms with E-state index in [0.717, 1.165) is 11.8 Å². The lowest BCUT2D eigenvalue weighted by Gasteiger charge is -2.33. The SMILES string of the molecule is CC(C)[C@H](NC(=O)c1ccc(C(C)(C)C)cc1)C(=O)OCC(=O)N1CCN(S(C)(=O)=O)CC1. The van der Waals surface area contributed by atoms with E-state index in [2.05, 4.69) is 26.1 Å². The van der Waals surface area contributed by atoms with Crippen molar-refractivity contribution in [3.05, 3.63) is 35.4 Å². The van der Waals surface area contributed by atoms with Crippen molar-refractivity contribution in [2.75, 3.05) is 39.0 Å². The molecule has 0 radical (unpaired) electrons. The first-order valence-electron chi connectivity index (χ1n) is 11.0. The fourth-order valence-electron chi connectivity index (χ4n) is 3.43. The fraction of sp³-hybridized carbons (Fsp3) is 0.609. The van der Waals surface area contributed by atoms with Gasteiger partial charge in [0, 0.05) is 31.7 Å². The molecule has 1 aromatic carbocycles. The summed E-state index contributed by atoms with van der Waals surface area (Å²) in [5.41, 5.74) is 1.49. The summed E-state index contributed by atoms with van der Waals surface area (Å²) in [4.78, 5) is 39.2. The summed E-state index contributed by atoms with van der Waals surface area (Å²) in [7, 11) is -3.30. The van der Waals surface area contributed by atoms with E-state index in [4.69, 9.17) is 4.74 Å². The summed E-state index contributed by atoms with van der Waals surface area (Å²) in [6.45, 7) is 10.2. The van der Waals surface area contributed by atoms with Gasteiger partial charge in [-0.15, -0.1) is 0 Å². The van der Waals surface area contributed by atoms with Crippen LogP contribution in [0.15, 0.2) is 24.3 Å². The van der Waals surface area contributed by atoms with Gasteiger partial charge in [0.1, 0.15) is 6.04 Å². The molecule has 1 aromatic rings. The number of piperazine rings is 1. The van der Waals surface area contributed by atoms with E-state index in [0.29, 0.717) is 5.56 Å². The monoisotopic (exact) mass is 481 g/mol. The summed E-state index contributed by atoms with van der Waals surface area (Å²) in [6, 6.07) is 6.31. The Hall–Kier alpha value is -2.46. The summed E-state index contributed by atoms with van der Waals surface area (Å²) >= 11 is 0. The predicted octanol–water partition coefficient (Wildman–Crippen LogP) is 1.39. The molecule has 10 heteroatoms. The van der Waals surface area contributed by atoms with Crippen LogP contribution in [0.5, 0.6) is 0 Å². The highest BCUT2D eigenvalue weighted by atomic mass is 32.2. The van der Waals surface area contributed by atoms with Crippen LogP contribution in [-0.4, -0.2) is 80.5 Å². The number of esters is 1. The van der Waals surface area contributed by atoms with E-state index in [1.54, 1.807) is 26.0 Å². The van der Waals surface area contributed by atoms with E-state index < -0.39 is 40.5 Å². The number of rotatable bonds is 7. The summed E-state index contributed by atoms with van der Waals surface area (Å²) < 4.78 is 29.7. The third-order valence-corrected chi connectivity index (χ3v) is 6.92. The number of nitrogens with zero attached hydrogens (tertiary/aromatic N) is 2. The summed E-state index contributed by atoms with van der Waals surface area (Å²) in [5, 5.41) is 2.70. The maximum absolute atomic E-state index is 12.7. The highest BCUT2D eigenvalue weighted by molar-refractivity contribution is 7.88. The molecule has 0 saturated carbocycles. The Bertz CT molecular complexity index is 959. The van der Waals surface area contributed by atoms with Gasteiger partial charge in [0.25, 0.3) is 11.8 Å². The maximum Gasteiger partial charge on any atom is 0.329 e. The molecule has 1 saturated heterocycles. The van der Waals surface area contributed by atoms with Gasteiger partial charge < -0.3 is 15.0 Å². The molecule has 33 heavy (non-hydrogen) atoms. The number of benzene rings is 1. The molecule has 0 bridgehead atoms. The molecule has 2 amide bonds. The van der Waals surface area contributed by atoms with Crippen LogP contribution in [0.4, 0.5) is 0 Å². The average molecular weight is 482 g/mol. The highest BCUT2D eigenvalue weighted by Crippen LogP contribution is 2.22. The van der Waals surface area contributed by atoms with Gasteiger partial charge >= 0.3 is 5.97 Å². The Balaban J connectivity index is 1.92. The number of amides is 2. The van der Waals surface area contributed by atoms with E-state index in [9.17, 15) is 22.8 Å². The number of sulfonamides is 1. The first kappa shape index (κ1) is 26.8. The third-order valence-electron chi connectivity index (χ3n) is 5.62. The van der Waals surface area contributed by atoms with Crippen LogP contribution in [-0.2, 0) is 29.8 Å². The molecule has 0 aromatic heterocycles. The fourth-order valence-corrected chi connectivity index (χ4v) is 4.25. The van der Waals surface area contributed by atoms with Gasteiger partial charge in [-0.2, -0.15) is 4.31 Å². The van der Waals surface area contributed by atoms with Crippen molar-refractivity contribution in [1.82, 2.24) is 14.5 Å². The Labute approximate surface area is 196 Å². The first-order chi connectivity index (χ1) is 15.2. The Morgan fingerprint density at radius 1 is 1.03 bits per heavy atom. The minimum Gasteiger partial charge on any atom is -0.454 e. The number of carbonyl (C=O) groups excluding carboxylic acids is 3. The van der Waals surface area contributed by atoms with Crippen LogP contribution in [0.3, 0.4) is 0 Å². The zero-order chi connectivity index (χ0) is 25.0. The molecule has 184 valence electrons. The highest BCUT2D eigenvalue weighted by Gasteiger charge is 2.29. The van der Waals surface area contributed by atoms with Crippen LogP contribution in [0.25, 0.3) is 0 Å². The smallest absolute Gasteiger partial charge is 0.329 e. The van der Waals surface area contributed by atoms with Gasteiger partial charge in [-0.05, 0) is 29.0 Å². The van der Waals surface area contributed by atoms with Gasteiger partial charge in [0.2, 0.25) is 10.0 Å². The molecule has 1 heterocycles. The standard InChI is InChI=1S/C23H35N3O6S/c1-16(2)20(24-21(28)17-7-9-18(10-8-17)23(3,4)5)22(29)32-15-19(27)25-11-13-26(14-12-25)33(6,30)31/h7-10,16,20H,11-15H2,1-6H3,(H,24,28)/t20-/m0/s1. The quantitative estimate of drug-likeness (QED) is 0.589. The van der Waals surface area contributed by atoms with Crippen molar-refractivity contribution >= 4 is 27.8 Å². The largest absolute Gasteiger partial charge is 0.454 e. The lowest BCUT2D eigenvalue weighted by molar-refractivity contribution is -0.154. The molecule has 0 aliphatic carbocycles. The molecule has 0 spiro atoms. The minimum absolute atomic E-state index is 0.0384. The van der Waals surface area contributed by atoms with E-state index in [-0.39, 0.29) is 37.5 Å². The normalized spacial score (nSPS) is 16.4. The molecular weight excluding hydrogens is 446 g/mol. The van der Waals surface area contributed by atoms with E-state index in [1.807, 2.05) is 12.1 Å². The lowest BCUT2D eigenvalue weighted by Crippen LogP contribution is -2.51. The van der Waals surface area contributed by atoms with Gasteiger partial charge in [0.05, 0.1) is 6.26 Å². The molecule has 1 aliphatic rings. The van der Waals surface area contributed by atoms with Crippen LogP contribution >= 0.6 is 0 Å². The second-order valence-corrected chi connectivity index (χ2v) is 11.7. The third kappa shape index (κ3) is 7.53. The number of hydrogen-bond donors (Lipinski definition) is 1. The molecule has 9 nitrogen and oxygen atoms in total. The first-order valence-corrected chi connectivity index (χ1v) is 12.9. The van der Waals surface area contributed by atoms with Crippen LogP contribution in [0.1, 0.15) is 50.5 Å². The molecular formula is C23H35N3O6S. The van der Waals surface area contributed by atoms with Gasteiger partial charge in [-0.1, -0.05) is 46.8 Å². The molecule has 1 aliphatic heterocycles. The van der Waals surface area contributed by atoms with E-state index >= 15 is 0 Å². The predicted molar refractivity (Wildman–Crippen MR) is 125 cm³/mol. The molecule has 1 fully saturated rings. The Kier molecular flexibility index (Phi) is 8.64. The van der Waals surface area contributed by atoms with Crippen molar-refractivity contribution in [1.29, 1.82) is 0 Å². The van der Waals surface area contributed by atoms with Crippen molar-refractivity contribution in [3.8, 4) is 0 Å². The van der Waals surface area contributed by atoms with Crippen molar-refractivity contribution in [2.45, 2.75) is 46.1 Å². The maximum atomic E-state index is 12.7. The summed E-state index contributed by atoms with van der Waals surface area (Å²) in [5.74, 6) is -1.73. The number of hydrogen-bond acceptors (Lipinski definition) is 6. The second-order valence-electron chi connectivity index (χ2n) is 9.67. The van der Waals surface area contributed by atoms with Crippen LogP contribution in [0.2, 0.25) is 0 Å². The zero-order valence-corrected chi connectivity index (χ0v) is 21.1.